The van der Waals surface area contributed by atoms with Gasteiger partial charge in [0.1, 0.15) is 5.82 Å². The Morgan fingerprint density at radius 1 is 1.05 bits per heavy atom. The smallest absolute Gasteiger partial charge is 0.123 e. The van der Waals surface area contributed by atoms with E-state index in [4.69, 9.17) is 0 Å². The predicted molar refractivity (Wildman–Crippen MR) is 76.7 cm³/mol. The summed E-state index contributed by atoms with van der Waals surface area (Å²) in [6, 6.07) is 14.7. The first-order chi connectivity index (χ1) is 9.29. The van der Waals surface area contributed by atoms with E-state index in [1.807, 2.05) is 42.6 Å². The Kier molecular flexibility index (Phi) is 2.92. The average molecular weight is 251 g/mol. The lowest BCUT2D eigenvalue weighted by Gasteiger charge is -2.12. The van der Waals surface area contributed by atoms with Gasteiger partial charge in [0, 0.05) is 23.0 Å². The number of halogens is 1. The summed E-state index contributed by atoms with van der Waals surface area (Å²) in [5.41, 5.74) is 3.31. The monoisotopic (exact) mass is 251 g/mol. The number of H-pyrrole nitrogens is 1. The van der Waals surface area contributed by atoms with E-state index < -0.39 is 0 Å². The molecule has 0 saturated carbocycles. The Bertz CT molecular complexity index is 709. The molecule has 0 saturated heterocycles. The fourth-order valence-corrected chi connectivity index (χ4v) is 2.46. The zero-order valence-corrected chi connectivity index (χ0v) is 10.4. The quantitative estimate of drug-likeness (QED) is 0.653. The Morgan fingerprint density at radius 3 is 2.53 bits per heavy atom. The number of allylic oxidation sites excluding steroid dienone is 1. The first-order valence-electron chi connectivity index (χ1n) is 6.23. The van der Waals surface area contributed by atoms with Crippen LogP contribution >= 0.6 is 0 Å². The third-order valence-electron chi connectivity index (χ3n) is 3.42. The van der Waals surface area contributed by atoms with Crippen molar-refractivity contribution in [2.75, 3.05) is 0 Å². The van der Waals surface area contributed by atoms with Crippen molar-refractivity contribution in [3.63, 3.8) is 0 Å². The molecule has 0 unspecified atom stereocenters. The highest BCUT2D eigenvalue weighted by Gasteiger charge is 2.14. The van der Waals surface area contributed by atoms with Crippen molar-refractivity contribution in [3.8, 4) is 0 Å². The maximum atomic E-state index is 13.0. The van der Waals surface area contributed by atoms with Gasteiger partial charge in [-0.1, -0.05) is 36.4 Å². The molecule has 3 rings (SSSR count). The highest BCUT2D eigenvalue weighted by Crippen LogP contribution is 2.31. The van der Waals surface area contributed by atoms with Gasteiger partial charge in [0.15, 0.2) is 0 Å². The molecule has 0 aliphatic carbocycles. The molecule has 1 N–H and O–H groups in total. The summed E-state index contributed by atoms with van der Waals surface area (Å²) < 4.78 is 13.0. The van der Waals surface area contributed by atoms with Crippen molar-refractivity contribution >= 4 is 10.9 Å². The first-order valence-corrected chi connectivity index (χ1v) is 6.23. The van der Waals surface area contributed by atoms with Gasteiger partial charge in [-0.3, -0.25) is 0 Å². The molecule has 2 heteroatoms. The van der Waals surface area contributed by atoms with Gasteiger partial charge in [-0.05, 0) is 29.3 Å². The lowest BCUT2D eigenvalue weighted by atomic mass is 9.91. The fourth-order valence-electron chi connectivity index (χ4n) is 2.46. The van der Waals surface area contributed by atoms with E-state index in [0.29, 0.717) is 0 Å². The maximum absolute atomic E-state index is 13.0. The Labute approximate surface area is 111 Å². The molecule has 1 heterocycles. The normalized spacial score (nSPS) is 12.5. The van der Waals surface area contributed by atoms with Gasteiger partial charge in [0.2, 0.25) is 0 Å². The van der Waals surface area contributed by atoms with Crippen LogP contribution in [0.3, 0.4) is 0 Å². The minimum absolute atomic E-state index is 0.0664. The van der Waals surface area contributed by atoms with E-state index in [2.05, 4.69) is 17.6 Å². The Hall–Kier alpha value is -2.35. The van der Waals surface area contributed by atoms with Gasteiger partial charge in [-0.25, -0.2) is 4.39 Å². The lowest BCUT2D eigenvalue weighted by molar-refractivity contribution is 0.627. The van der Waals surface area contributed by atoms with E-state index >= 15 is 0 Å². The largest absolute Gasteiger partial charge is 0.361 e. The third-order valence-corrected chi connectivity index (χ3v) is 3.42. The molecule has 94 valence electrons. The maximum Gasteiger partial charge on any atom is 0.123 e. The minimum Gasteiger partial charge on any atom is -0.361 e. The fraction of sp³-hybridized carbons (Fsp3) is 0.0588. The van der Waals surface area contributed by atoms with Crippen LogP contribution in [0.1, 0.15) is 17.0 Å². The number of hydrogen-bond donors (Lipinski definition) is 1. The second-order valence-electron chi connectivity index (χ2n) is 4.55. The third kappa shape index (κ3) is 2.06. The number of nitrogens with one attached hydrogen (secondary N) is 1. The summed E-state index contributed by atoms with van der Waals surface area (Å²) in [4.78, 5) is 3.26. The number of aromatic nitrogens is 1. The van der Waals surface area contributed by atoms with Crippen LogP contribution in [0.5, 0.6) is 0 Å². The highest BCUT2D eigenvalue weighted by molar-refractivity contribution is 5.84. The molecule has 0 aliphatic rings. The summed E-state index contributed by atoms with van der Waals surface area (Å²) in [6.07, 6.45) is 3.89. The molecular weight excluding hydrogens is 237 g/mol. The molecule has 0 bridgehead atoms. The topological polar surface area (TPSA) is 15.8 Å². The summed E-state index contributed by atoms with van der Waals surface area (Å²) in [5.74, 6) is -0.151. The zero-order valence-electron chi connectivity index (χ0n) is 10.4. The second-order valence-corrected chi connectivity index (χ2v) is 4.55. The van der Waals surface area contributed by atoms with Gasteiger partial charge in [-0.15, -0.1) is 6.58 Å². The minimum atomic E-state index is -0.217. The molecule has 0 radical (unpaired) electrons. The zero-order chi connectivity index (χ0) is 13.2. The van der Waals surface area contributed by atoms with Crippen LogP contribution in [-0.4, -0.2) is 4.98 Å². The molecule has 19 heavy (non-hydrogen) atoms. The molecule has 1 atom stereocenters. The highest BCUT2D eigenvalue weighted by atomic mass is 19.1. The van der Waals surface area contributed by atoms with Crippen LogP contribution in [0.2, 0.25) is 0 Å². The average Bonchev–Trinajstić information content (AvgIpc) is 2.86. The molecule has 2 aromatic carbocycles. The van der Waals surface area contributed by atoms with E-state index in [-0.39, 0.29) is 11.7 Å². The van der Waals surface area contributed by atoms with Crippen molar-refractivity contribution in [2.45, 2.75) is 5.92 Å². The van der Waals surface area contributed by atoms with Gasteiger partial charge < -0.3 is 4.98 Å². The summed E-state index contributed by atoms with van der Waals surface area (Å²) in [7, 11) is 0. The van der Waals surface area contributed by atoms with Crippen molar-refractivity contribution in [1.29, 1.82) is 0 Å². The van der Waals surface area contributed by atoms with Crippen LogP contribution in [-0.2, 0) is 0 Å². The van der Waals surface area contributed by atoms with Crippen LogP contribution < -0.4 is 0 Å². The molecule has 1 nitrogen and oxygen atoms in total. The summed E-state index contributed by atoms with van der Waals surface area (Å²) >= 11 is 0. The van der Waals surface area contributed by atoms with E-state index in [9.17, 15) is 4.39 Å². The molecule has 0 aliphatic heterocycles. The van der Waals surface area contributed by atoms with Crippen LogP contribution in [0.25, 0.3) is 10.9 Å². The van der Waals surface area contributed by atoms with Gasteiger partial charge in [-0.2, -0.15) is 0 Å². The van der Waals surface area contributed by atoms with E-state index in [0.717, 1.165) is 16.6 Å². The van der Waals surface area contributed by atoms with Crippen molar-refractivity contribution in [1.82, 2.24) is 4.98 Å². The lowest BCUT2D eigenvalue weighted by Crippen LogP contribution is -1.96. The van der Waals surface area contributed by atoms with Crippen LogP contribution in [0, 0.1) is 5.82 Å². The SMILES string of the molecule is C=C[C@@H](c1ccc(F)cc1)c1c[nH]c2ccccc12. The summed E-state index contributed by atoms with van der Waals surface area (Å²) in [6.45, 7) is 3.91. The van der Waals surface area contributed by atoms with Gasteiger partial charge in [0.05, 0.1) is 0 Å². The first kappa shape index (κ1) is 11.7. The molecular formula is C17H14FN. The molecule has 3 aromatic rings. The van der Waals surface area contributed by atoms with Gasteiger partial charge >= 0.3 is 0 Å². The molecule has 0 fully saturated rings. The predicted octanol–water partition coefficient (Wildman–Crippen LogP) is 4.62. The van der Waals surface area contributed by atoms with E-state index in [1.54, 1.807) is 0 Å². The van der Waals surface area contributed by atoms with E-state index in [1.165, 1.54) is 17.5 Å². The second kappa shape index (κ2) is 4.73. The van der Waals surface area contributed by atoms with Crippen molar-refractivity contribution in [3.05, 3.63) is 84.3 Å². The number of rotatable bonds is 3. The summed E-state index contributed by atoms with van der Waals surface area (Å²) in [5, 5.41) is 1.18. The number of hydrogen-bond acceptors (Lipinski definition) is 0. The van der Waals surface area contributed by atoms with Crippen LogP contribution in [0.15, 0.2) is 67.4 Å². The number of benzene rings is 2. The van der Waals surface area contributed by atoms with Crippen molar-refractivity contribution in [2.24, 2.45) is 0 Å². The molecule has 0 amide bonds. The Balaban J connectivity index is 2.12. The molecule has 1 aromatic heterocycles. The van der Waals surface area contributed by atoms with Gasteiger partial charge in [0.25, 0.3) is 0 Å². The van der Waals surface area contributed by atoms with Crippen LogP contribution in [0.4, 0.5) is 4.39 Å². The van der Waals surface area contributed by atoms with Crippen molar-refractivity contribution < 1.29 is 4.39 Å². The number of aromatic amines is 1. The number of fused-ring (bicyclic) bond motifs is 1. The molecule has 0 spiro atoms. The number of para-hydroxylation sites is 1. The standard InChI is InChI=1S/C17H14FN/c1-2-14(12-7-9-13(18)10-8-12)16-11-19-17-6-4-3-5-15(16)17/h2-11,14,19H,1H2/t14-/m0/s1. The Morgan fingerprint density at radius 2 is 1.79 bits per heavy atom.